The number of hydrogen-bond donors (Lipinski definition) is 0. The number of nitrogens with zero attached hydrogens (tertiary/aromatic N) is 2. The molecule has 2 rings (SSSR count). The zero-order valence-electron chi connectivity index (χ0n) is 7.15. The van der Waals surface area contributed by atoms with Crippen LogP contribution in [0, 0.1) is 17.0 Å². The lowest BCUT2D eigenvalue weighted by atomic mass is 10.3. The van der Waals surface area contributed by atoms with E-state index in [2.05, 4.69) is 20.9 Å². The van der Waals surface area contributed by atoms with E-state index in [4.69, 9.17) is 0 Å². The summed E-state index contributed by atoms with van der Waals surface area (Å²) in [6, 6.07) is 3.51. The van der Waals surface area contributed by atoms with E-state index in [-0.39, 0.29) is 5.69 Å². The van der Waals surface area contributed by atoms with Gasteiger partial charge in [0.05, 0.1) is 19.1 Å². The molecular formula is C8H5BrN2O2S. The molecule has 0 atom stereocenters. The number of nitro benzene ring substituents is 1. The van der Waals surface area contributed by atoms with Crippen LogP contribution in [-0.4, -0.2) is 9.91 Å². The summed E-state index contributed by atoms with van der Waals surface area (Å²) in [5.41, 5.74) is 0.513. The number of aryl methyl sites for hydroxylation is 1. The number of halogens is 1. The van der Waals surface area contributed by atoms with Gasteiger partial charge in [-0.15, -0.1) is 11.3 Å². The van der Waals surface area contributed by atoms with Gasteiger partial charge in [0.15, 0.2) is 5.52 Å². The molecule has 0 fully saturated rings. The largest absolute Gasteiger partial charge is 0.310 e. The molecule has 1 aromatic heterocycles. The second kappa shape index (κ2) is 3.29. The predicted molar refractivity (Wildman–Crippen MR) is 58.7 cm³/mol. The smallest absolute Gasteiger partial charge is 0.258 e. The molecule has 0 amide bonds. The monoisotopic (exact) mass is 272 g/mol. The maximum absolute atomic E-state index is 10.8. The quantitative estimate of drug-likeness (QED) is 0.591. The summed E-state index contributed by atoms with van der Waals surface area (Å²) >= 11 is 4.61. The Kier molecular flexibility index (Phi) is 2.24. The normalized spacial score (nSPS) is 10.7. The summed E-state index contributed by atoms with van der Waals surface area (Å²) in [6.45, 7) is 1.84. The Bertz CT molecular complexity index is 523. The summed E-state index contributed by atoms with van der Waals surface area (Å²) in [5.74, 6) is 0. The molecule has 2 aromatic rings. The highest BCUT2D eigenvalue weighted by molar-refractivity contribution is 9.10. The first-order valence-corrected chi connectivity index (χ1v) is 5.40. The molecule has 0 aliphatic heterocycles. The number of nitro groups is 1. The molecule has 6 heteroatoms. The fourth-order valence-electron chi connectivity index (χ4n) is 1.24. The number of hydrogen-bond acceptors (Lipinski definition) is 4. The van der Waals surface area contributed by atoms with Crippen LogP contribution in [0.5, 0.6) is 0 Å². The Balaban J connectivity index is 2.88. The van der Waals surface area contributed by atoms with Gasteiger partial charge in [-0.25, -0.2) is 4.98 Å². The third-order valence-corrected chi connectivity index (χ3v) is 3.35. The maximum Gasteiger partial charge on any atom is 0.310 e. The van der Waals surface area contributed by atoms with Crippen molar-refractivity contribution in [3.8, 4) is 0 Å². The van der Waals surface area contributed by atoms with Crippen molar-refractivity contribution in [2.24, 2.45) is 0 Å². The fourth-order valence-corrected chi connectivity index (χ4v) is 2.54. The lowest BCUT2D eigenvalue weighted by molar-refractivity contribution is -0.384. The molecule has 1 heterocycles. The van der Waals surface area contributed by atoms with Crippen LogP contribution in [0.25, 0.3) is 10.2 Å². The molecule has 14 heavy (non-hydrogen) atoms. The highest BCUT2D eigenvalue weighted by Gasteiger charge is 2.19. The van der Waals surface area contributed by atoms with Crippen LogP contribution in [0.2, 0.25) is 0 Å². The van der Waals surface area contributed by atoms with E-state index in [9.17, 15) is 10.1 Å². The first-order chi connectivity index (χ1) is 6.59. The van der Waals surface area contributed by atoms with Gasteiger partial charge in [-0.05, 0) is 35.0 Å². The van der Waals surface area contributed by atoms with Crippen LogP contribution < -0.4 is 0 Å². The van der Waals surface area contributed by atoms with Crippen LogP contribution in [0.4, 0.5) is 5.69 Å². The summed E-state index contributed by atoms with van der Waals surface area (Å²) in [4.78, 5) is 14.5. The van der Waals surface area contributed by atoms with Gasteiger partial charge >= 0.3 is 5.69 Å². The van der Waals surface area contributed by atoms with Crippen molar-refractivity contribution >= 4 is 43.2 Å². The molecule has 0 bridgehead atoms. The SMILES string of the molecule is Cc1nc2c([N+](=O)[O-])c(Br)ccc2s1. The Morgan fingerprint density at radius 2 is 2.29 bits per heavy atom. The minimum Gasteiger partial charge on any atom is -0.258 e. The van der Waals surface area contributed by atoms with Gasteiger partial charge in [-0.1, -0.05) is 0 Å². The first-order valence-electron chi connectivity index (χ1n) is 3.79. The fraction of sp³-hybridized carbons (Fsp3) is 0.125. The second-order valence-electron chi connectivity index (χ2n) is 2.73. The molecule has 0 saturated carbocycles. The van der Waals surface area contributed by atoms with Crippen molar-refractivity contribution in [1.29, 1.82) is 0 Å². The molecule has 0 N–H and O–H groups in total. The topological polar surface area (TPSA) is 56.0 Å². The highest BCUT2D eigenvalue weighted by Crippen LogP contribution is 2.35. The number of rotatable bonds is 1. The molecule has 0 spiro atoms. The van der Waals surface area contributed by atoms with Gasteiger partial charge in [0.2, 0.25) is 0 Å². The van der Waals surface area contributed by atoms with Crippen LogP contribution in [0.1, 0.15) is 5.01 Å². The molecule has 4 nitrogen and oxygen atoms in total. The van der Waals surface area contributed by atoms with Crippen molar-refractivity contribution in [2.45, 2.75) is 6.92 Å². The van der Waals surface area contributed by atoms with Gasteiger partial charge < -0.3 is 0 Å². The Morgan fingerprint density at radius 1 is 1.57 bits per heavy atom. The first kappa shape index (κ1) is 9.54. The van der Waals surface area contributed by atoms with E-state index in [1.807, 2.05) is 13.0 Å². The summed E-state index contributed by atoms with van der Waals surface area (Å²) in [7, 11) is 0. The van der Waals surface area contributed by atoms with E-state index in [0.29, 0.717) is 9.99 Å². The number of fused-ring (bicyclic) bond motifs is 1. The van der Waals surface area contributed by atoms with E-state index >= 15 is 0 Å². The minimum absolute atomic E-state index is 0.0480. The zero-order valence-corrected chi connectivity index (χ0v) is 9.55. The highest BCUT2D eigenvalue weighted by atomic mass is 79.9. The van der Waals surface area contributed by atoms with Gasteiger partial charge in [-0.2, -0.15) is 0 Å². The maximum atomic E-state index is 10.8. The summed E-state index contributed by atoms with van der Waals surface area (Å²) in [5, 5.41) is 11.6. The van der Waals surface area contributed by atoms with Crippen LogP contribution in [0.15, 0.2) is 16.6 Å². The second-order valence-corrected chi connectivity index (χ2v) is 4.82. The molecule has 0 aliphatic rings. The minimum atomic E-state index is -0.411. The van der Waals surface area contributed by atoms with Crippen molar-refractivity contribution in [1.82, 2.24) is 4.98 Å². The van der Waals surface area contributed by atoms with Crippen molar-refractivity contribution < 1.29 is 4.92 Å². The lowest BCUT2D eigenvalue weighted by Crippen LogP contribution is -1.90. The van der Waals surface area contributed by atoms with E-state index < -0.39 is 4.92 Å². The Hall–Kier alpha value is -1.01. The number of aromatic nitrogens is 1. The van der Waals surface area contributed by atoms with Gasteiger partial charge in [-0.3, -0.25) is 10.1 Å². The molecule has 0 radical (unpaired) electrons. The average Bonchev–Trinajstić information content (AvgIpc) is 2.43. The van der Waals surface area contributed by atoms with E-state index in [1.165, 1.54) is 11.3 Å². The molecule has 0 aliphatic carbocycles. The van der Waals surface area contributed by atoms with Gasteiger partial charge in [0.25, 0.3) is 0 Å². The summed E-state index contributed by atoms with van der Waals surface area (Å²) < 4.78 is 1.32. The molecular weight excluding hydrogens is 268 g/mol. The molecule has 1 aromatic carbocycles. The predicted octanol–water partition coefficient (Wildman–Crippen LogP) is 3.28. The van der Waals surface area contributed by atoms with Crippen LogP contribution in [-0.2, 0) is 0 Å². The van der Waals surface area contributed by atoms with Gasteiger partial charge in [0.1, 0.15) is 0 Å². The van der Waals surface area contributed by atoms with Gasteiger partial charge in [0, 0.05) is 0 Å². The van der Waals surface area contributed by atoms with E-state index in [1.54, 1.807) is 6.07 Å². The molecule has 0 unspecified atom stereocenters. The van der Waals surface area contributed by atoms with Crippen molar-refractivity contribution in [3.63, 3.8) is 0 Å². The lowest BCUT2D eigenvalue weighted by Gasteiger charge is -1.94. The van der Waals surface area contributed by atoms with Crippen molar-refractivity contribution in [2.75, 3.05) is 0 Å². The Morgan fingerprint density at radius 3 is 2.93 bits per heavy atom. The zero-order chi connectivity index (χ0) is 10.3. The van der Waals surface area contributed by atoms with Crippen LogP contribution >= 0.6 is 27.3 Å². The molecule has 72 valence electrons. The molecule has 0 saturated heterocycles. The van der Waals surface area contributed by atoms with Crippen molar-refractivity contribution in [3.05, 3.63) is 31.7 Å². The standard InChI is InChI=1S/C8H5BrN2O2S/c1-4-10-7-6(14-4)3-2-5(9)8(7)11(12)13/h2-3H,1H3. The third kappa shape index (κ3) is 1.40. The Labute approximate surface area is 91.9 Å². The third-order valence-electron chi connectivity index (χ3n) is 1.77. The van der Waals surface area contributed by atoms with E-state index in [0.717, 1.165) is 9.71 Å². The van der Waals surface area contributed by atoms with Crippen LogP contribution in [0.3, 0.4) is 0 Å². The number of benzene rings is 1. The number of thiazole rings is 1. The average molecular weight is 273 g/mol. The summed E-state index contributed by atoms with van der Waals surface area (Å²) in [6.07, 6.45) is 0.